The first-order valence-corrected chi connectivity index (χ1v) is 10.3. The van der Waals surface area contributed by atoms with E-state index in [2.05, 4.69) is 10.3 Å². The molecule has 2 aromatic rings. The molecular weight excluding hydrogens is 368 g/mol. The third-order valence-corrected chi connectivity index (χ3v) is 5.93. The Kier molecular flexibility index (Phi) is 4.52. The highest BCUT2D eigenvalue weighted by atomic mass is 16.2. The second-order valence-corrected chi connectivity index (χ2v) is 9.31. The number of imidazole rings is 1. The van der Waals surface area contributed by atoms with E-state index in [1.165, 1.54) is 4.57 Å². The lowest BCUT2D eigenvalue weighted by Gasteiger charge is -2.42. The van der Waals surface area contributed by atoms with E-state index >= 15 is 0 Å². The van der Waals surface area contributed by atoms with Gasteiger partial charge in [0.1, 0.15) is 5.82 Å². The Morgan fingerprint density at radius 3 is 2.48 bits per heavy atom. The minimum absolute atomic E-state index is 0.00923. The summed E-state index contributed by atoms with van der Waals surface area (Å²) >= 11 is 0. The standard InChI is InChI=1S/C22H28N4O3/c1-21(2,3)24-19(28)22(4)20(29)25-16-12-8-7-11-15(16)23-17(25)13-18(27)26(22)14-9-5-6-10-14/h7-8,11-12,14H,5-6,9-10,13H2,1-4H3,(H,24,28). The highest BCUT2D eigenvalue weighted by Gasteiger charge is 2.55. The molecule has 0 bridgehead atoms. The number of benzene rings is 1. The Labute approximate surface area is 170 Å². The quantitative estimate of drug-likeness (QED) is 0.791. The third-order valence-electron chi connectivity index (χ3n) is 5.93. The van der Waals surface area contributed by atoms with Crippen LogP contribution in [-0.2, 0) is 16.0 Å². The zero-order valence-corrected chi connectivity index (χ0v) is 17.5. The van der Waals surface area contributed by atoms with Gasteiger partial charge in [0.15, 0.2) is 5.54 Å². The van der Waals surface area contributed by atoms with E-state index in [0.717, 1.165) is 25.7 Å². The number of aromatic nitrogens is 2. The summed E-state index contributed by atoms with van der Waals surface area (Å²) in [6.45, 7) is 7.20. The van der Waals surface area contributed by atoms with Crippen LogP contribution in [0.3, 0.4) is 0 Å². The van der Waals surface area contributed by atoms with Crippen molar-refractivity contribution < 1.29 is 14.4 Å². The molecule has 1 unspecified atom stereocenters. The molecule has 1 aromatic carbocycles. The summed E-state index contributed by atoms with van der Waals surface area (Å²) in [6, 6.07) is 7.19. The van der Waals surface area contributed by atoms with Gasteiger partial charge in [-0.1, -0.05) is 25.0 Å². The number of hydrogen-bond donors (Lipinski definition) is 1. The number of carbonyl (C=O) groups is 3. The van der Waals surface area contributed by atoms with Crippen molar-refractivity contribution in [3.05, 3.63) is 30.1 Å². The molecule has 0 saturated heterocycles. The van der Waals surface area contributed by atoms with Crippen LogP contribution in [0.25, 0.3) is 11.0 Å². The first-order valence-electron chi connectivity index (χ1n) is 10.3. The van der Waals surface area contributed by atoms with E-state index in [4.69, 9.17) is 0 Å². The number of nitrogens with zero attached hydrogens (tertiary/aromatic N) is 3. The Morgan fingerprint density at radius 2 is 1.83 bits per heavy atom. The summed E-state index contributed by atoms with van der Waals surface area (Å²) in [6.07, 6.45) is 3.61. The fourth-order valence-corrected chi connectivity index (χ4v) is 4.61. The van der Waals surface area contributed by atoms with E-state index in [0.29, 0.717) is 16.9 Å². The summed E-state index contributed by atoms with van der Waals surface area (Å²) in [7, 11) is 0. The Balaban J connectivity index is 1.91. The largest absolute Gasteiger partial charge is 0.349 e. The molecule has 1 aliphatic heterocycles. The summed E-state index contributed by atoms with van der Waals surface area (Å²) in [4.78, 5) is 47.0. The minimum Gasteiger partial charge on any atom is -0.349 e. The average molecular weight is 396 g/mol. The van der Waals surface area contributed by atoms with Crippen molar-refractivity contribution in [3.63, 3.8) is 0 Å². The van der Waals surface area contributed by atoms with Gasteiger partial charge in [-0.2, -0.15) is 0 Å². The molecule has 1 atom stereocenters. The highest BCUT2D eigenvalue weighted by molar-refractivity contribution is 6.15. The number of fused-ring (bicyclic) bond motifs is 3. The molecule has 7 heteroatoms. The van der Waals surface area contributed by atoms with Gasteiger partial charge in [-0.3, -0.25) is 19.0 Å². The lowest BCUT2D eigenvalue weighted by Crippen LogP contribution is -2.67. The fraction of sp³-hybridized carbons (Fsp3) is 0.545. The summed E-state index contributed by atoms with van der Waals surface area (Å²) in [5, 5.41) is 2.95. The van der Waals surface area contributed by atoms with E-state index in [1.54, 1.807) is 11.8 Å². The normalized spacial score (nSPS) is 23.4. The number of amides is 2. The highest BCUT2D eigenvalue weighted by Crippen LogP contribution is 2.35. The molecule has 1 aromatic heterocycles. The maximum atomic E-state index is 13.9. The molecule has 7 nitrogen and oxygen atoms in total. The van der Waals surface area contributed by atoms with Gasteiger partial charge in [-0.05, 0) is 52.7 Å². The van der Waals surface area contributed by atoms with E-state index in [9.17, 15) is 14.4 Å². The van der Waals surface area contributed by atoms with Crippen LogP contribution in [0.4, 0.5) is 0 Å². The van der Waals surface area contributed by atoms with E-state index in [-0.39, 0.29) is 18.4 Å². The molecule has 1 fully saturated rings. The second kappa shape index (κ2) is 6.68. The third kappa shape index (κ3) is 3.12. The minimum atomic E-state index is -1.63. The van der Waals surface area contributed by atoms with Crippen LogP contribution in [0.1, 0.15) is 64.0 Å². The number of hydrogen-bond acceptors (Lipinski definition) is 4. The number of carbonyl (C=O) groups excluding carboxylic acids is 3. The van der Waals surface area contributed by atoms with Gasteiger partial charge >= 0.3 is 0 Å². The van der Waals surface area contributed by atoms with Crippen molar-refractivity contribution >= 4 is 28.8 Å². The first-order chi connectivity index (χ1) is 13.6. The molecule has 2 amide bonds. The molecule has 2 heterocycles. The van der Waals surface area contributed by atoms with Crippen LogP contribution >= 0.6 is 0 Å². The van der Waals surface area contributed by atoms with Crippen molar-refractivity contribution in [2.45, 2.75) is 76.9 Å². The molecule has 2 aliphatic rings. The van der Waals surface area contributed by atoms with Gasteiger partial charge in [-0.25, -0.2) is 4.98 Å². The molecule has 29 heavy (non-hydrogen) atoms. The second-order valence-electron chi connectivity index (χ2n) is 9.31. The van der Waals surface area contributed by atoms with Crippen LogP contribution in [0.5, 0.6) is 0 Å². The van der Waals surface area contributed by atoms with Gasteiger partial charge < -0.3 is 10.2 Å². The van der Waals surface area contributed by atoms with Crippen molar-refractivity contribution in [2.75, 3.05) is 0 Å². The van der Waals surface area contributed by atoms with Crippen molar-refractivity contribution in [1.82, 2.24) is 19.8 Å². The van der Waals surface area contributed by atoms with Gasteiger partial charge in [0.05, 0.1) is 17.5 Å². The molecule has 0 radical (unpaired) electrons. The van der Waals surface area contributed by atoms with Crippen LogP contribution in [0.15, 0.2) is 24.3 Å². The SMILES string of the molecule is CC(C)(C)NC(=O)C1(C)C(=O)n2c(nc3ccccc32)CC(=O)N1C1CCCC1. The topological polar surface area (TPSA) is 84.3 Å². The summed E-state index contributed by atoms with van der Waals surface area (Å²) in [5.74, 6) is -0.677. The molecule has 1 saturated carbocycles. The molecular formula is C22H28N4O3. The average Bonchev–Trinajstić information content (AvgIpc) is 3.25. The van der Waals surface area contributed by atoms with Gasteiger partial charge in [0.2, 0.25) is 5.91 Å². The summed E-state index contributed by atoms with van der Waals surface area (Å²) < 4.78 is 1.48. The van der Waals surface area contributed by atoms with Gasteiger partial charge in [0.25, 0.3) is 11.8 Å². The molecule has 0 spiro atoms. The predicted molar refractivity (Wildman–Crippen MR) is 109 cm³/mol. The smallest absolute Gasteiger partial charge is 0.268 e. The maximum absolute atomic E-state index is 13.9. The zero-order valence-electron chi connectivity index (χ0n) is 17.5. The fourth-order valence-electron chi connectivity index (χ4n) is 4.61. The lowest BCUT2D eigenvalue weighted by molar-refractivity contribution is -0.147. The monoisotopic (exact) mass is 396 g/mol. The van der Waals surface area contributed by atoms with E-state index in [1.807, 2.05) is 45.0 Å². The first kappa shape index (κ1) is 19.6. The van der Waals surface area contributed by atoms with Crippen molar-refractivity contribution in [3.8, 4) is 0 Å². The summed E-state index contributed by atoms with van der Waals surface area (Å²) in [5.41, 5.74) is -0.884. The van der Waals surface area contributed by atoms with Crippen LogP contribution < -0.4 is 5.32 Å². The van der Waals surface area contributed by atoms with Crippen LogP contribution in [0, 0.1) is 0 Å². The van der Waals surface area contributed by atoms with Crippen LogP contribution in [0.2, 0.25) is 0 Å². The number of nitrogens with one attached hydrogen (secondary N) is 1. The maximum Gasteiger partial charge on any atom is 0.268 e. The van der Waals surface area contributed by atoms with Gasteiger partial charge in [0, 0.05) is 11.6 Å². The van der Waals surface area contributed by atoms with E-state index < -0.39 is 22.9 Å². The Bertz CT molecular complexity index is 997. The molecule has 1 N–H and O–H groups in total. The number of para-hydroxylation sites is 2. The van der Waals surface area contributed by atoms with Gasteiger partial charge in [-0.15, -0.1) is 0 Å². The number of rotatable bonds is 2. The predicted octanol–water partition coefficient (Wildman–Crippen LogP) is 2.68. The molecule has 154 valence electrons. The van der Waals surface area contributed by atoms with Crippen molar-refractivity contribution in [1.29, 1.82) is 0 Å². The molecule has 4 rings (SSSR count). The lowest BCUT2D eigenvalue weighted by atomic mass is 9.92. The zero-order chi connectivity index (χ0) is 21.0. The van der Waals surface area contributed by atoms with Crippen LogP contribution in [-0.4, -0.2) is 49.3 Å². The molecule has 1 aliphatic carbocycles. The Hall–Kier alpha value is -2.70. The Morgan fingerprint density at radius 1 is 1.17 bits per heavy atom. The van der Waals surface area contributed by atoms with Crippen molar-refractivity contribution in [2.24, 2.45) is 0 Å².